The van der Waals surface area contributed by atoms with E-state index in [2.05, 4.69) is 31.1 Å². The Bertz CT molecular complexity index is 592. The number of nitrogens with zero attached hydrogens (tertiary/aromatic N) is 2. The number of hydrogen-bond donors (Lipinski definition) is 1. The number of aromatic nitrogens is 1. The summed E-state index contributed by atoms with van der Waals surface area (Å²) in [6.07, 6.45) is 0.955. The van der Waals surface area contributed by atoms with Gasteiger partial charge in [-0.05, 0) is 18.4 Å². The first-order valence-electron chi connectivity index (χ1n) is 6.32. The highest BCUT2D eigenvalue weighted by molar-refractivity contribution is 5.77. The molecule has 1 aromatic carbocycles. The molecule has 0 aliphatic carbocycles. The summed E-state index contributed by atoms with van der Waals surface area (Å²) < 4.78 is 5.51. The Morgan fingerprint density at radius 3 is 2.79 bits per heavy atom. The van der Waals surface area contributed by atoms with E-state index < -0.39 is 4.92 Å². The van der Waals surface area contributed by atoms with Crippen molar-refractivity contribution in [3.05, 3.63) is 28.3 Å². The normalized spacial score (nSPS) is 12.8. The van der Waals surface area contributed by atoms with Gasteiger partial charge in [-0.15, -0.1) is 0 Å². The van der Waals surface area contributed by atoms with Crippen molar-refractivity contribution in [2.45, 2.75) is 33.2 Å². The first-order valence-corrected chi connectivity index (χ1v) is 6.32. The second-order valence-corrected chi connectivity index (χ2v) is 4.83. The third-order valence-electron chi connectivity index (χ3n) is 3.14. The monoisotopic (exact) mass is 263 g/mol. The van der Waals surface area contributed by atoms with E-state index in [1.54, 1.807) is 6.07 Å². The molecule has 6 nitrogen and oxygen atoms in total. The minimum atomic E-state index is -0.446. The molecule has 2 rings (SSSR count). The predicted octanol–water partition coefficient (Wildman–Crippen LogP) is 3.58. The average molecular weight is 263 g/mol. The van der Waals surface area contributed by atoms with E-state index in [-0.39, 0.29) is 11.7 Å². The molecule has 0 bridgehead atoms. The van der Waals surface area contributed by atoms with Crippen molar-refractivity contribution in [2.75, 3.05) is 5.32 Å². The summed E-state index contributed by atoms with van der Waals surface area (Å²) >= 11 is 0. The lowest BCUT2D eigenvalue weighted by Crippen LogP contribution is -2.24. The molecule has 0 fully saturated rings. The number of oxazole rings is 1. The van der Waals surface area contributed by atoms with E-state index in [9.17, 15) is 10.1 Å². The minimum Gasteiger partial charge on any atom is -0.423 e. The number of nitro groups is 1. The summed E-state index contributed by atoms with van der Waals surface area (Å²) in [6.45, 7) is 6.33. The second-order valence-electron chi connectivity index (χ2n) is 4.83. The van der Waals surface area contributed by atoms with Crippen LogP contribution in [0.4, 0.5) is 11.7 Å². The maximum absolute atomic E-state index is 10.7. The fourth-order valence-corrected chi connectivity index (χ4v) is 1.99. The van der Waals surface area contributed by atoms with Gasteiger partial charge in [0.05, 0.1) is 11.0 Å². The quantitative estimate of drug-likeness (QED) is 0.658. The Kier molecular flexibility index (Phi) is 3.69. The molecular weight excluding hydrogens is 246 g/mol. The van der Waals surface area contributed by atoms with Crippen LogP contribution in [0.3, 0.4) is 0 Å². The molecule has 1 atom stereocenters. The van der Waals surface area contributed by atoms with Crippen LogP contribution in [0.2, 0.25) is 0 Å². The van der Waals surface area contributed by atoms with Gasteiger partial charge in [-0.25, -0.2) is 0 Å². The summed E-state index contributed by atoms with van der Waals surface area (Å²) in [5.74, 6) is 0.453. The Labute approximate surface area is 111 Å². The van der Waals surface area contributed by atoms with Gasteiger partial charge in [-0.2, -0.15) is 4.98 Å². The largest absolute Gasteiger partial charge is 0.423 e. The van der Waals surface area contributed by atoms with Crippen LogP contribution in [0.25, 0.3) is 11.1 Å². The van der Waals surface area contributed by atoms with Crippen molar-refractivity contribution in [3.63, 3.8) is 0 Å². The lowest BCUT2D eigenvalue weighted by molar-refractivity contribution is -0.384. The molecular formula is C13H17N3O3. The number of fused-ring (bicyclic) bond motifs is 1. The van der Waals surface area contributed by atoms with Gasteiger partial charge in [0.2, 0.25) is 0 Å². The molecule has 19 heavy (non-hydrogen) atoms. The lowest BCUT2D eigenvalue weighted by atomic mass is 10.0. The van der Waals surface area contributed by atoms with Crippen LogP contribution in [0.5, 0.6) is 0 Å². The number of nitro benzene ring substituents is 1. The van der Waals surface area contributed by atoms with Crippen LogP contribution in [0.1, 0.15) is 27.2 Å². The van der Waals surface area contributed by atoms with E-state index in [4.69, 9.17) is 4.42 Å². The number of nitrogens with one attached hydrogen (secondary N) is 1. The number of hydrogen-bond acceptors (Lipinski definition) is 5. The second kappa shape index (κ2) is 5.26. The molecule has 0 saturated carbocycles. The van der Waals surface area contributed by atoms with Crippen LogP contribution in [0.15, 0.2) is 22.6 Å². The molecule has 2 aromatic rings. The van der Waals surface area contributed by atoms with Gasteiger partial charge in [-0.1, -0.05) is 20.8 Å². The van der Waals surface area contributed by atoms with Crippen LogP contribution < -0.4 is 5.32 Å². The van der Waals surface area contributed by atoms with Crippen LogP contribution in [-0.2, 0) is 0 Å². The molecule has 0 amide bonds. The van der Waals surface area contributed by atoms with Gasteiger partial charge >= 0.3 is 0 Å². The number of benzene rings is 1. The molecule has 0 aliphatic heterocycles. The van der Waals surface area contributed by atoms with Crippen molar-refractivity contribution in [1.82, 2.24) is 4.98 Å². The molecule has 0 aliphatic rings. The van der Waals surface area contributed by atoms with Crippen molar-refractivity contribution >= 4 is 22.8 Å². The molecule has 102 valence electrons. The first-order chi connectivity index (χ1) is 9.01. The van der Waals surface area contributed by atoms with E-state index in [0.29, 0.717) is 23.0 Å². The maximum atomic E-state index is 10.7. The van der Waals surface area contributed by atoms with Gasteiger partial charge in [0.1, 0.15) is 5.52 Å². The zero-order valence-corrected chi connectivity index (χ0v) is 11.2. The highest BCUT2D eigenvalue weighted by Gasteiger charge is 2.16. The Morgan fingerprint density at radius 1 is 1.47 bits per heavy atom. The third-order valence-corrected chi connectivity index (χ3v) is 3.14. The zero-order chi connectivity index (χ0) is 14.0. The Balaban J connectivity index is 2.28. The summed E-state index contributed by atoms with van der Waals surface area (Å²) in [6, 6.07) is 5.09. The highest BCUT2D eigenvalue weighted by atomic mass is 16.6. The molecule has 1 heterocycles. The molecule has 0 radical (unpaired) electrons. The Morgan fingerprint density at radius 2 is 2.21 bits per heavy atom. The summed E-state index contributed by atoms with van der Waals surface area (Å²) in [7, 11) is 0. The fraction of sp³-hybridized carbons (Fsp3) is 0.462. The van der Waals surface area contributed by atoms with Crippen molar-refractivity contribution in [3.8, 4) is 0 Å². The smallest absolute Gasteiger partial charge is 0.295 e. The SMILES string of the molecule is CCC(Nc1nc2ccc([N+](=O)[O-])cc2o1)C(C)C. The minimum absolute atomic E-state index is 0.00565. The summed E-state index contributed by atoms with van der Waals surface area (Å²) in [4.78, 5) is 14.5. The van der Waals surface area contributed by atoms with Gasteiger partial charge in [0, 0.05) is 12.1 Å². The molecule has 1 aromatic heterocycles. The number of rotatable bonds is 5. The van der Waals surface area contributed by atoms with Crippen LogP contribution >= 0.6 is 0 Å². The Hall–Kier alpha value is -2.11. The van der Waals surface area contributed by atoms with Crippen LogP contribution in [0, 0.1) is 16.0 Å². The van der Waals surface area contributed by atoms with Crippen molar-refractivity contribution < 1.29 is 9.34 Å². The molecule has 0 saturated heterocycles. The van der Waals surface area contributed by atoms with E-state index in [1.807, 2.05) is 0 Å². The number of non-ortho nitro benzene ring substituents is 1. The van der Waals surface area contributed by atoms with Gasteiger partial charge in [0.25, 0.3) is 11.7 Å². The predicted molar refractivity (Wildman–Crippen MR) is 73.2 cm³/mol. The lowest BCUT2D eigenvalue weighted by Gasteiger charge is -2.18. The van der Waals surface area contributed by atoms with Crippen molar-refractivity contribution in [1.29, 1.82) is 0 Å². The van der Waals surface area contributed by atoms with Gasteiger partial charge < -0.3 is 9.73 Å². The van der Waals surface area contributed by atoms with E-state index in [0.717, 1.165) is 6.42 Å². The van der Waals surface area contributed by atoms with Crippen molar-refractivity contribution in [2.24, 2.45) is 5.92 Å². The van der Waals surface area contributed by atoms with Gasteiger partial charge in [-0.3, -0.25) is 10.1 Å². The fourth-order valence-electron chi connectivity index (χ4n) is 1.99. The molecule has 1 unspecified atom stereocenters. The number of anilines is 1. The summed E-state index contributed by atoms with van der Waals surface area (Å²) in [5.41, 5.74) is 1.05. The average Bonchev–Trinajstić information content (AvgIpc) is 2.76. The highest BCUT2D eigenvalue weighted by Crippen LogP contribution is 2.24. The summed E-state index contributed by atoms with van der Waals surface area (Å²) in [5, 5.41) is 13.9. The standard InChI is InChI=1S/C13H17N3O3/c1-4-10(8(2)3)14-13-15-11-6-5-9(16(17)18)7-12(11)19-13/h5-8,10H,4H2,1-3H3,(H,14,15). The zero-order valence-electron chi connectivity index (χ0n) is 11.2. The molecule has 1 N–H and O–H groups in total. The van der Waals surface area contributed by atoms with Gasteiger partial charge in [0.15, 0.2) is 5.58 Å². The maximum Gasteiger partial charge on any atom is 0.295 e. The third kappa shape index (κ3) is 2.83. The van der Waals surface area contributed by atoms with Crippen LogP contribution in [-0.4, -0.2) is 15.9 Å². The molecule has 6 heteroatoms. The van der Waals surface area contributed by atoms with E-state index in [1.165, 1.54) is 12.1 Å². The molecule has 0 spiro atoms. The van der Waals surface area contributed by atoms with E-state index >= 15 is 0 Å². The first kappa shape index (κ1) is 13.3. The topological polar surface area (TPSA) is 81.2 Å².